The molecule has 0 aliphatic rings. The van der Waals surface area contributed by atoms with E-state index in [0.717, 1.165) is 0 Å². The lowest BCUT2D eigenvalue weighted by molar-refractivity contribution is 0.142. The number of aromatic nitrogens is 3. The largest absolute Gasteiger partial charge is 0.389 e. The van der Waals surface area contributed by atoms with Crippen molar-refractivity contribution in [3.8, 4) is 5.82 Å². The number of hydrogen-bond donors (Lipinski definition) is 1. The van der Waals surface area contributed by atoms with Gasteiger partial charge >= 0.3 is 0 Å². The van der Waals surface area contributed by atoms with E-state index < -0.39 is 30.3 Å². The van der Waals surface area contributed by atoms with Gasteiger partial charge in [0.05, 0.1) is 6.10 Å². The van der Waals surface area contributed by atoms with Gasteiger partial charge < -0.3 is 5.11 Å². The molecule has 2 aromatic heterocycles. The third-order valence-electron chi connectivity index (χ3n) is 2.73. The van der Waals surface area contributed by atoms with Crippen LogP contribution >= 0.6 is 11.6 Å². The molecule has 4 nitrogen and oxygen atoms in total. The van der Waals surface area contributed by atoms with E-state index in [1.54, 1.807) is 0 Å². The molecule has 0 spiro atoms. The Kier molecular flexibility index (Phi) is 4.48. The van der Waals surface area contributed by atoms with Crippen LogP contribution < -0.4 is 0 Å². The number of nitrogens with zero attached hydrogens (tertiary/aromatic N) is 3. The molecule has 0 aromatic carbocycles. The van der Waals surface area contributed by atoms with Crippen LogP contribution in [0.25, 0.3) is 5.82 Å². The fourth-order valence-corrected chi connectivity index (χ4v) is 1.92. The quantitative estimate of drug-likeness (QED) is 0.687. The lowest BCUT2D eigenvalue weighted by atomic mass is 10.1. The third-order valence-corrected chi connectivity index (χ3v) is 2.94. The summed E-state index contributed by atoms with van der Waals surface area (Å²) in [5, 5.41) is 13.0. The topological polar surface area (TPSA) is 50.9 Å². The van der Waals surface area contributed by atoms with E-state index >= 15 is 0 Å². The molecule has 114 valence electrons. The molecular formula is C12H10ClF4N3O. The maximum atomic E-state index is 13.0. The minimum Gasteiger partial charge on any atom is -0.389 e. The molecule has 0 aliphatic carbocycles. The SMILES string of the molecule is CC(O)c1ccc(Cl)nc1-n1nc(C(F)F)cc1C(F)F. The molecule has 1 atom stereocenters. The van der Waals surface area contributed by atoms with Crippen LogP contribution in [0.5, 0.6) is 0 Å². The summed E-state index contributed by atoms with van der Waals surface area (Å²) < 4.78 is 51.9. The summed E-state index contributed by atoms with van der Waals surface area (Å²) in [6, 6.07) is 3.32. The van der Waals surface area contributed by atoms with Crippen molar-refractivity contribution in [3.05, 3.63) is 40.3 Å². The minimum absolute atomic E-state index is 0.0382. The van der Waals surface area contributed by atoms with Crippen LogP contribution in [-0.4, -0.2) is 19.9 Å². The van der Waals surface area contributed by atoms with E-state index in [4.69, 9.17) is 11.6 Å². The highest BCUT2D eigenvalue weighted by Crippen LogP contribution is 2.30. The lowest BCUT2D eigenvalue weighted by Crippen LogP contribution is -2.10. The zero-order chi connectivity index (χ0) is 15.7. The van der Waals surface area contributed by atoms with Crippen molar-refractivity contribution >= 4 is 11.6 Å². The van der Waals surface area contributed by atoms with Gasteiger partial charge in [0.1, 0.15) is 16.5 Å². The summed E-state index contributed by atoms with van der Waals surface area (Å²) in [6.45, 7) is 1.38. The second-order valence-electron chi connectivity index (χ2n) is 4.23. The van der Waals surface area contributed by atoms with Crippen LogP contribution in [0.1, 0.15) is 42.8 Å². The summed E-state index contributed by atoms with van der Waals surface area (Å²) >= 11 is 5.70. The van der Waals surface area contributed by atoms with Crippen LogP contribution in [0.15, 0.2) is 18.2 Å². The monoisotopic (exact) mass is 323 g/mol. The predicted octanol–water partition coefficient (Wildman–Crippen LogP) is 3.85. The van der Waals surface area contributed by atoms with Gasteiger partial charge in [-0.2, -0.15) is 5.10 Å². The average Bonchev–Trinajstić information content (AvgIpc) is 2.83. The van der Waals surface area contributed by atoms with Crippen LogP contribution in [0.2, 0.25) is 5.15 Å². The first kappa shape index (κ1) is 15.7. The van der Waals surface area contributed by atoms with Crippen molar-refractivity contribution in [3.63, 3.8) is 0 Å². The molecule has 0 radical (unpaired) electrons. The van der Waals surface area contributed by atoms with Gasteiger partial charge in [-0.25, -0.2) is 27.2 Å². The number of aliphatic hydroxyl groups is 1. The van der Waals surface area contributed by atoms with Crippen molar-refractivity contribution in [2.75, 3.05) is 0 Å². The third kappa shape index (κ3) is 3.16. The van der Waals surface area contributed by atoms with E-state index in [1.807, 2.05) is 0 Å². The van der Waals surface area contributed by atoms with Crippen LogP contribution in [-0.2, 0) is 0 Å². The molecule has 2 rings (SSSR count). The van der Waals surface area contributed by atoms with E-state index in [9.17, 15) is 22.7 Å². The number of pyridine rings is 1. The van der Waals surface area contributed by atoms with Gasteiger partial charge in [-0.05, 0) is 25.1 Å². The standard InChI is InChI=1S/C12H10ClF4N3O/c1-5(21)6-2-3-9(13)18-12(6)20-8(11(16)17)4-7(19-20)10(14)15/h2-5,10-11,21H,1H3. The molecule has 1 N–H and O–H groups in total. The second kappa shape index (κ2) is 5.98. The molecule has 0 saturated carbocycles. The second-order valence-corrected chi connectivity index (χ2v) is 4.62. The van der Waals surface area contributed by atoms with E-state index in [2.05, 4.69) is 10.1 Å². The van der Waals surface area contributed by atoms with Crippen molar-refractivity contribution in [1.29, 1.82) is 0 Å². The zero-order valence-corrected chi connectivity index (χ0v) is 11.4. The first-order chi connectivity index (χ1) is 9.81. The van der Waals surface area contributed by atoms with Crippen LogP contribution in [0, 0.1) is 0 Å². The predicted molar refractivity (Wildman–Crippen MR) is 66.9 cm³/mol. The number of alkyl halides is 4. The first-order valence-electron chi connectivity index (χ1n) is 5.82. The molecule has 9 heteroatoms. The van der Waals surface area contributed by atoms with Crippen LogP contribution in [0.4, 0.5) is 17.6 Å². The Morgan fingerprint density at radius 3 is 2.38 bits per heavy atom. The fourth-order valence-electron chi connectivity index (χ4n) is 1.78. The number of aliphatic hydroxyl groups excluding tert-OH is 1. The highest BCUT2D eigenvalue weighted by atomic mass is 35.5. The van der Waals surface area contributed by atoms with Gasteiger partial charge in [0, 0.05) is 5.56 Å². The fraction of sp³-hybridized carbons (Fsp3) is 0.333. The molecule has 2 aromatic rings. The Morgan fingerprint density at radius 2 is 1.86 bits per heavy atom. The maximum Gasteiger partial charge on any atom is 0.282 e. The number of halogens is 5. The summed E-state index contributed by atoms with van der Waals surface area (Å²) in [7, 11) is 0. The van der Waals surface area contributed by atoms with Gasteiger partial charge in [-0.3, -0.25) is 0 Å². The Bertz CT molecular complexity index is 645. The van der Waals surface area contributed by atoms with Gasteiger partial charge in [0.2, 0.25) is 0 Å². The van der Waals surface area contributed by atoms with Gasteiger partial charge in [0.25, 0.3) is 12.9 Å². The molecule has 2 heterocycles. The summed E-state index contributed by atoms with van der Waals surface area (Å²) in [5.41, 5.74) is -1.41. The first-order valence-corrected chi connectivity index (χ1v) is 6.20. The Labute approximate surface area is 122 Å². The molecule has 0 amide bonds. The summed E-state index contributed by atoms with van der Waals surface area (Å²) in [5.74, 6) is -0.209. The molecule has 0 aliphatic heterocycles. The molecule has 1 unspecified atom stereocenters. The Balaban J connectivity index is 2.68. The Hall–Kier alpha value is -1.67. The normalized spacial score (nSPS) is 13.2. The zero-order valence-electron chi connectivity index (χ0n) is 10.6. The maximum absolute atomic E-state index is 13.0. The van der Waals surface area contributed by atoms with Crippen LogP contribution in [0.3, 0.4) is 0 Å². The Morgan fingerprint density at radius 1 is 1.19 bits per heavy atom. The average molecular weight is 324 g/mol. The smallest absolute Gasteiger partial charge is 0.282 e. The highest BCUT2D eigenvalue weighted by molar-refractivity contribution is 6.29. The molecule has 0 fully saturated rings. The minimum atomic E-state index is -3.03. The van der Waals surface area contributed by atoms with E-state index in [0.29, 0.717) is 10.7 Å². The van der Waals surface area contributed by atoms with Gasteiger partial charge in [0.15, 0.2) is 5.82 Å². The summed E-state index contributed by atoms with van der Waals surface area (Å²) in [4.78, 5) is 3.81. The van der Waals surface area contributed by atoms with Crippen molar-refractivity contribution in [1.82, 2.24) is 14.8 Å². The van der Waals surface area contributed by atoms with Gasteiger partial charge in [-0.1, -0.05) is 11.6 Å². The number of rotatable bonds is 4. The van der Waals surface area contributed by atoms with Crippen molar-refractivity contribution in [2.24, 2.45) is 0 Å². The van der Waals surface area contributed by atoms with E-state index in [-0.39, 0.29) is 16.5 Å². The van der Waals surface area contributed by atoms with Gasteiger partial charge in [-0.15, -0.1) is 0 Å². The number of hydrogen-bond acceptors (Lipinski definition) is 3. The molecule has 0 bridgehead atoms. The molecule has 0 saturated heterocycles. The lowest BCUT2D eigenvalue weighted by Gasteiger charge is -2.13. The van der Waals surface area contributed by atoms with E-state index in [1.165, 1.54) is 19.1 Å². The van der Waals surface area contributed by atoms with Crippen molar-refractivity contribution in [2.45, 2.75) is 25.9 Å². The highest BCUT2D eigenvalue weighted by Gasteiger charge is 2.25. The molecular weight excluding hydrogens is 314 g/mol. The summed E-state index contributed by atoms with van der Waals surface area (Å²) in [6.07, 6.45) is -7.10. The molecule has 21 heavy (non-hydrogen) atoms. The van der Waals surface area contributed by atoms with Crippen molar-refractivity contribution < 1.29 is 22.7 Å².